The number of hydrazine groups is 1. The highest BCUT2D eigenvalue weighted by Crippen LogP contribution is 2.17. The molecule has 0 atom stereocenters. The Kier molecular flexibility index (Phi) is 6.77. The molecule has 1 amide bonds. The van der Waals surface area contributed by atoms with Gasteiger partial charge >= 0.3 is 12.1 Å². The minimum atomic E-state index is -0.651. The van der Waals surface area contributed by atoms with E-state index in [1.807, 2.05) is 13.8 Å². The van der Waals surface area contributed by atoms with Gasteiger partial charge in [0.2, 0.25) is 5.28 Å². The number of aromatic nitrogens is 2. The fourth-order valence-corrected chi connectivity index (χ4v) is 1.90. The highest BCUT2D eigenvalue weighted by molar-refractivity contribution is 6.28. The van der Waals surface area contributed by atoms with E-state index >= 15 is 0 Å². The van der Waals surface area contributed by atoms with Crippen LogP contribution < -0.4 is 10.4 Å². The number of rotatable bonds is 5. The summed E-state index contributed by atoms with van der Waals surface area (Å²) in [7, 11) is 1.24. The highest BCUT2D eigenvalue weighted by Gasteiger charge is 2.21. The van der Waals surface area contributed by atoms with Crippen LogP contribution in [0.1, 0.15) is 45.1 Å². The van der Waals surface area contributed by atoms with E-state index in [0.29, 0.717) is 6.54 Å². The van der Waals surface area contributed by atoms with Crippen molar-refractivity contribution >= 4 is 29.5 Å². The van der Waals surface area contributed by atoms with Gasteiger partial charge in [0.25, 0.3) is 0 Å². The summed E-state index contributed by atoms with van der Waals surface area (Å²) in [6, 6.07) is 1.39. The number of nitrogens with one attached hydrogen (secondary N) is 1. The molecule has 1 rings (SSSR count). The number of anilines is 1. The van der Waals surface area contributed by atoms with Crippen LogP contribution >= 0.6 is 11.6 Å². The zero-order chi connectivity index (χ0) is 18.5. The molecule has 1 aromatic rings. The molecule has 0 aliphatic carbocycles. The van der Waals surface area contributed by atoms with E-state index in [1.54, 1.807) is 20.8 Å². The predicted octanol–water partition coefficient (Wildman–Crippen LogP) is 2.82. The van der Waals surface area contributed by atoms with Gasteiger partial charge < -0.3 is 9.47 Å². The van der Waals surface area contributed by atoms with Gasteiger partial charge in [0, 0.05) is 12.6 Å². The molecule has 0 aromatic carbocycles. The standard InChI is InChI=1S/C15H23ClN4O4/c1-9(2)8-20(19-14(22)24-15(3,4)5)11-7-10(12(21)23-6)17-13(16)18-11/h7,9H,8H2,1-6H3,(H,19,22). The predicted molar refractivity (Wildman–Crippen MR) is 89.9 cm³/mol. The molecule has 1 N–H and O–H groups in total. The molecule has 1 aromatic heterocycles. The lowest BCUT2D eigenvalue weighted by Gasteiger charge is -2.28. The van der Waals surface area contributed by atoms with Gasteiger partial charge in [0.1, 0.15) is 5.60 Å². The monoisotopic (exact) mass is 358 g/mol. The Balaban J connectivity index is 3.10. The lowest BCUT2D eigenvalue weighted by Crippen LogP contribution is -2.47. The molecule has 1 heterocycles. The summed E-state index contributed by atoms with van der Waals surface area (Å²) >= 11 is 5.87. The summed E-state index contributed by atoms with van der Waals surface area (Å²) in [5.74, 6) is -0.201. The number of amides is 1. The van der Waals surface area contributed by atoms with Crippen LogP contribution in [-0.2, 0) is 9.47 Å². The van der Waals surface area contributed by atoms with Crippen molar-refractivity contribution in [2.24, 2.45) is 5.92 Å². The van der Waals surface area contributed by atoms with E-state index in [4.69, 9.17) is 16.3 Å². The number of hydrogen-bond acceptors (Lipinski definition) is 7. The van der Waals surface area contributed by atoms with Crippen molar-refractivity contribution in [3.8, 4) is 0 Å². The lowest BCUT2D eigenvalue weighted by molar-refractivity contribution is 0.0518. The molecule has 0 aliphatic heterocycles. The van der Waals surface area contributed by atoms with Crippen molar-refractivity contribution < 1.29 is 19.1 Å². The molecular formula is C15H23ClN4O4. The minimum absolute atomic E-state index is 0.00718. The van der Waals surface area contributed by atoms with Crippen molar-refractivity contribution in [3.05, 3.63) is 17.0 Å². The van der Waals surface area contributed by atoms with Gasteiger partial charge in [-0.15, -0.1) is 0 Å². The molecule has 0 aliphatic rings. The van der Waals surface area contributed by atoms with Crippen molar-refractivity contribution in [1.29, 1.82) is 0 Å². The summed E-state index contributed by atoms with van der Waals surface area (Å²) in [5, 5.41) is 1.33. The van der Waals surface area contributed by atoms with Crippen LogP contribution in [0.5, 0.6) is 0 Å². The van der Waals surface area contributed by atoms with Gasteiger partial charge in [-0.2, -0.15) is 4.98 Å². The molecule has 0 saturated carbocycles. The smallest absolute Gasteiger partial charge is 0.426 e. The lowest BCUT2D eigenvalue weighted by atomic mass is 10.2. The maximum atomic E-state index is 12.0. The van der Waals surface area contributed by atoms with Crippen molar-refractivity contribution in [2.45, 2.75) is 40.2 Å². The number of esters is 1. The van der Waals surface area contributed by atoms with E-state index < -0.39 is 17.7 Å². The fraction of sp³-hybridized carbons (Fsp3) is 0.600. The molecule has 0 spiro atoms. The van der Waals surface area contributed by atoms with E-state index in [9.17, 15) is 9.59 Å². The van der Waals surface area contributed by atoms with E-state index in [1.165, 1.54) is 18.2 Å². The average molecular weight is 359 g/mol. The SMILES string of the molecule is COC(=O)c1cc(N(CC(C)C)NC(=O)OC(C)(C)C)nc(Cl)n1. The summed E-state index contributed by atoms with van der Waals surface area (Å²) in [6.07, 6.45) is -0.641. The molecule has 24 heavy (non-hydrogen) atoms. The van der Waals surface area contributed by atoms with Gasteiger partial charge in [-0.05, 0) is 38.3 Å². The van der Waals surface area contributed by atoms with E-state index in [2.05, 4.69) is 20.1 Å². The summed E-state index contributed by atoms with van der Waals surface area (Å²) in [5.41, 5.74) is 1.95. The average Bonchev–Trinajstić information content (AvgIpc) is 2.42. The van der Waals surface area contributed by atoms with Crippen LogP contribution in [0.3, 0.4) is 0 Å². The Morgan fingerprint density at radius 3 is 2.46 bits per heavy atom. The Hall–Kier alpha value is -2.09. The van der Waals surface area contributed by atoms with Gasteiger partial charge in [-0.25, -0.2) is 20.0 Å². The fourth-order valence-electron chi connectivity index (χ4n) is 1.73. The molecular weight excluding hydrogens is 336 g/mol. The zero-order valence-electron chi connectivity index (χ0n) is 14.7. The Bertz CT molecular complexity index is 602. The third-order valence-electron chi connectivity index (χ3n) is 2.53. The maximum Gasteiger partial charge on any atom is 0.426 e. The van der Waals surface area contributed by atoms with Crippen LogP contribution in [0.2, 0.25) is 5.28 Å². The summed E-state index contributed by atoms with van der Waals surface area (Å²) < 4.78 is 9.88. The first-order valence-electron chi connectivity index (χ1n) is 7.42. The molecule has 0 unspecified atom stereocenters. The molecule has 8 nitrogen and oxygen atoms in total. The molecule has 0 saturated heterocycles. The van der Waals surface area contributed by atoms with Crippen LogP contribution in [0.25, 0.3) is 0 Å². The van der Waals surface area contributed by atoms with E-state index in [-0.39, 0.29) is 22.7 Å². The van der Waals surface area contributed by atoms with Gasteiger partial charge in [-0.1, -0.05) is 13.8 Å². The second-order valence-electron chi connectivity index (χ2n) is 6.49. The second-order valence-corrected chi connectivity index (χ2v) is 6.83. The number of carbonyl (C=O) groups is 2. The third kappa shape index (κ3) is 6.57. The van der Waals surface area contributed by atoms with Crippen LogP contribution in [0.15, 0.2) is 6.07 Å². The Labute approximate surface area is 146 Å². The largest absolute Gasteiger partial charge is 0.464 e. The number of nitrogens with zero attached hydrogens (tertiary/aromatic N) is 3. The maximum absolute atomic E-state index is 12.0. The second kappa shape index (κ2) is 8.14. The van der Waals surface area contributed by atoms with Crippen molar-refractivity contribution in [1.82, 2.24) is 15.4 Å². The quantitative estimate of drug-likeness (QED) is 0.491. The zero-order valence-corrected chi connectivity index (χ0v) is 15.5. The number of hydrogen-bond donors (Lipinski definition) is 1. The van der Waals surface area contributed by atoms with Crippen LogP contribution in [-0.4, -0.2) is 41.3 Å². The first-order chi connectivity index (χ1) is 11.0. The topological polar surface area (TPSA) is 93.7 Å². The number of carbonyl (C=O) groups excluding carboxylic acids is 2. The van der Waals surface area contributed by atoms with Gasteiger partial charge in [0.05, 0.1) is 7.11 Å². The normalized spacial score (nSPS) is 11.2. The Morgan fingerprint density at radius 1 is 1.33 bits per heavy atom. The number of methoxy groups -OCH3 is 1. The van der Waals surface area contributed by atoms with Crippen LogP contribution in [0, 0.1) is 5.92 Å². The van der Waals surface area contributed by atoms with Crippen LogP contribution in [0.4, 0.5) is 10.6 Å². The third-order valence-corrected chi connectivity index (χ3v) is 2.70. The van der Waals surface area contributed by atoms with E-state index in [0.717, 1.165) is 0 Å². The first-order valence-corrected chi connectivity index (χ1v) is 7.79. The van der Waals surface area contributed by atoms with Gasteiger partial charge in [0.15, 0.2) is 11.5 Å². The summed E-state index contributed by atoms with van der Waals surface area (Å²) in [4.78, 5) is 31.6. The van der Waals surface area contributed by atoms with Crippen molar-refractivity contribution in [2.75, 3.05) is 18.7 Å². The summed E-state index contributed by atoms with van der Waals surface area (Å²) in [6.45, 7) is 9.64. The molecule has 0 fully saturated rings. The number of ether oxygens (including phenoxy) is 2. The van der Waals surface area contributed by atoms with Crippen molar-refractivity contribution in [3.63, 3.8) is 0 Å². The first kappa shape index (κ1) is 20.0. The Morgan fingerprint density at radius 2 is 1.96 bits per heavy atom. The van der Waals surface area contributed by atoms with Gasteiger partial charge in [-0.3, -0.25) is 5.01 Å². The molecule has 134 valence electrons. The molecule has 0 bridgehead atoms. The number of halogens is 1. The molecule has 0 radical (unpaired) electrons. The highest BCUT2D eigenvalue weighted by atomic mass is 35.5. The minimum Gasteiger partial charge on any atom is -0.464 e. The molecule has 9 heteroatoms.